The van der Waals surface area contributed by atoms with Crippen LogP contribution < -0.4 is 4.74 Å². The highest BCUT2D eigenvalue weighted by Gasteiger charge is 2.49. The zero-order valence-electron chi connectivity index (χ0n) is 9.33. The Morgan fingerprint density at radius 3 is 2.47 bits per heavy atom. The molecule has 0 aliphatic carbocycles. The molecule has 0 aromatic heterocycles. The molecule has 1 heterocycles. The van der Waals surface area contributed by atoms with E-state index in [2.05, 4.69) is 0 Å². The smallest absolute Gasteiger partial charge is 0.154 e. The highest BCUT2D eigenvalue weighted by molar-refractivity contribution is 6.49. The molecule has 2 atom stereocenters. The molecule has 1 unspecified atom stereocenters. The summed E-state index contributed by atoms with van der Waals surface area (Å²) in [6.07, 6.45) is -0.347. The van der Waals surface area contributed by atoms with Gasteiger partial charge < -0.3 is 9.47 Å². The summed E-state index contributed by atoms with van der Waals surface area (Å²) in [5.74, 6) is 1.12. The number of ether oxygens (including phenoxy) is 2. The predicted molar refractivity (Wildman–Crippen MR) is 70.3 cm³/mol. The van der Waals surface area contributed by atoms with Gasteiger partial charge >= 0.3 is 0 Å². The number of methoxy groups -OCH3 is 1. The fourth-order valence-electron chi connectivity index (χ4n) is 1.89. The molecule has 1 aliphatic rings. The lowest BCUT2D eigenvalue weighted by molar-refractivity contribution is 0.106. The maximum absolute atomic E-state index is 6.33. The lowest BCUT2D eigenvalue weighted by atomic mass is 10.0. The van der Waals surface area contributed by atoms with Gasteiger partial charge in [-0.25, -0.2) is 0 Å². The maximum atomic E-state index is 6.33. The highest BCUT2D eigenvalue weighted by Crippen LogP contribution is 2.50. The van der Waals surface area contributed by atoms with Gasteiger partial charge in [0.05, 0.1) is 13.7 Å². The van der Waals surface area contributed by atoms with E-state index in [0.29, 0.717) is 12.5 Å². The summed E-state index contributed by atoms with van der Waals surface area (Å²) in [6.45, 7) is 0.479. The lowest BCUT2D eigenvalue weighted by Gasteiger charge is -2.25. The Morgan fingerprint density at radius 1 is 1.35 bits per heavy atom. The molecule has 0 bridgehead atoms. The van der Waals surface area contributed by atoms with Crippen LogP contribution in [0.15, 0.2) is 24.3 Å². The summed E-state index contributed by atoms with van der Waals surface area (Å²) >= 11 is 18.5. The van der Waals surface area contributed by atoms with Gasteiger partial charge in [0.1, 0.15) is 11.9 Å². The first kappa shape index (κ1) is 13.3. The first-order valence-corrected chi connectivity index (χ1v) is 6.58. The van der Waals surface area contributed by atoms with Gasteiger partial charge in [-0.1, -0.05) is 35.3 Å². The van der Waals surface area contributed by atoms with E-state index in [1.54, 1.807) is 7.11 Å². The van der Waals surface area contributed by atoms with E-state index in [4.69, 9.17) is 44.3 Å². The molecule has 1 fully saturated rings. The number of hydrogen-bond donors (Lipinski definition) is 0. The molecule has 1 aliphatic heterocycles. The monoisotopic (exact) mass is 294 g/mol. The Hall–Kier alpha value is -0.150. The van der Waals surface area contributed by atoms with Crippen LogP contribution in [0.3, 0.4) is 0 Å². The van der Waals surface area contributed by atoms with Gasteiger partial charge in [0.25, 0.3) is 0 Å². The van der Waals surface area contributed by atoms with Crippen LogP contribution >= 0.6 is 34.8 Å². The summed E-state index contributed by atoms with van der Waals surface area (Å²) in [5, 5.41) is 0. The zero-order valence-corrected chi connectivity index (χ0v) is 11.6. The summed E-state index contributed by atoms with van der Waals surface area (Å²) in [6, 6.07) is 7.52. The molecule has 0 amide bonds. The SMILES string of the molecule is COc1ccc(C2OC[C@@H](CCl)C2(Cl)Cl)cc1. The highest BCUT2D eigenvalue weighted by atomic mass is 35.5. The van der Waals surface area contributed by atoms with Gasteiger partial charge in [-0.05, 0) is 17.7 Å². The fraction of sp³-hybridized carbons (Fsp3) is 0.500. The molecule has 0 radical (unpaired) electrons. The molecule has 0 spiro atoms. The van der Waals surface area contributed by atoms with Crippen LogP contribution in [0, 0.1) is 5.92 Å². The second-order valence-corrected chi connectivity index (χ2v) is 5.77. The normalized spacial score (nSPS) is 27.1. The number of halogens is 3. The summed E-state index contributed by atoms with van der Waals surface area (Å²) < 4.78 is 9.76. The van der Waals surface area contributed by atoms with Crippen LogP contribution in [-0.2, 0) is 4.74 Å². The van der Waals surface area contributed by atoms with Crippen molar-refractivity contribution < 1.29 is 9.47 Å². The fourth-order valence-corrected chi connectivity index (χ4v) is 3.04. The van der Waals surface area contributed by atoms with Crippen LogP contribution in [0.4, 0.5) is 0 Å². The van der Waals surface area contributed by atoms with Crippen molar-refractivity contribution in [3.63, 3.8) is 0 Å². The van der Waals surface area contributed by atoms with Gasteiger partial charge in [0.15, 0.2) is 4.33 Å². The van der Waals surface area contributed by atoms with Gasteiger partial charge in [-0.3, -0.25) is 0 Å². The standard InChI is InChI=1S/C12H13Cl3O2/c1-16-10-4-2-8(3-5-10)11-12(14,15)9(6-13)7-17-11/h2-5,9,11H,6-7H2,1H3/t9-,11?/m1/s1. The van der Waals surface area contributed by atoms with Crippen molar-refractivity contribution in [2.45, 2.75) is 10.4 Å². The number of rotatable bonds is 3. The van der Waals surface area contributed by atoms with E-state index in [9.17, 15) is 0 Å². The van der Waals surface area contributed by atoms with Crippen molar-refractivity contribution in [2.24, 2.45) is 5.92 Å². The Kier molecular flexibility index (Phi) is 4.09. The minimum Gasteiger partial charge on any atom is -0.497 e. The molecule has 1 saturated heterocycles. The van der Waals surface area contributed by atoms with Gasteiger partial charge in [-0.15, -0.1) is 11.6 Å². The molecule has 2 rings (SSSR count). The molecule has 1 aromatic carbocycles. The third kappa shape index (κ3) is 2.50. The molecule has 2 nitrogen and oxygen atoms in total. The summed E-state index contributed by atoms with van der Waals surface area (Å²) in [7, 11) is 1.62. The first-order chi connectivity index (χ1) is 8.09. The third-order valence-electron chi connectivity index (χ3n) is 2.96. The number of hydrogen-bond acceptors (Lipinski definition) is 2. The van der Waals surface area contributed by atoms with E-state index < -0.39 is 4.33 Å². The van der Waals surface area contributed by atoms with Crippen LogP contribution in [0.5, 0.6) is 5.75 Å². The van der Waals surface area contributed by atoms with E-state index in [0.717, 1.165) is 11.3 Å². The van der Waals surface area contributed by atoms with Crippen LogP contribution in [0.1, 0.15) is 11.7 Å². The van der Waals surface area contributed by atoms with E-state index in [1.807, 2.05) is 24.3 Å². The molecular formula is C12H13Cl3O2. The lowest BCUT2D eigenvalue weighted by Crippen LogP contribution is -2.27. The Balaban J connectivity index is 2.22. The molecule has 1 aromatic rings. The Bertz CT molecular complexity index is 378. The quantitative estimate of drug-likeness (QED) is 0.790. The zero-order chi connectivity index (χ0) is 12.5. The van der Waals surface area contributed by atoms with E-state index >= 15 is 0 Å². The van der Waals surface area contributed by atoms with Gasteiger partial charge in [-0.2, -0.15) is 0 Å². The second kappa shape index (κ2) is 5.23. The van der Waals surface area contributed by atoms with Gasteiger partial charge in [0.2, 0.25) is 0 Å². The number of alkyl halides is 3. The average Bonchev–Trinajstić information content (AvgIpc) is 2.64. The molecular weight excluding hydrogens is 282 g/mol. The third-order valence-corrected chi connectivity index (χ3v) is 4.35. The van der Waals surface area contributed by atoms with Crippen molar-refractivity contribution in [1.29, 1.82) is 0 Å². The largest absolute Gasteiger partial charge is 0.497 e. The molecule has 0 N–H and O–H groups in total. The van der Waals surface area contributed by atoms with Crippen molar-refractivity contribution in [2.75, 3.05) is 19.6 Å². The minimum absolute atomic E-state index is 0.0559. The molecule has 17 heavy (non-hydrogen) atoms. The summed E-state index contributed by atoms with van der Waals surface area (Å²) in [5.41, 5.74) is 0.934. The van der Waals surface area contributed by atoms with E-state index in [-0.39, 0.29) is 12.0 Å². The van der Waals surface area contributed by atoms with Crippen molar-refractivity contribution in [3.8, 4) is 5.75 Å². The minimum atomic E-state index is -0.976. The number of benzene rings is 1. The van der Waals surface area contributed by atoms with Crippen molar-refractivity contribution in [3.05, 3.63) is 29.8 Å². The van der Waals surface area contributed by atoms with Crippen molar-refractivity contribution >= 4 is 34.8 Å². The topological polar surface area (TPSA) is 18.5 Å². The maximum Gasteiger partial charge on any atom is 0.154 e. The van der Waals surface area contributed by atoms with Crippen LogP contribution in [0.25, 0.3) is 0 Å². The predicted octanol–water partition coefficient (Wildman–Crippen LogP) is 3.80. The summed E-state index contributed by atoms with van der Waals surface area (Å²) in [4.78, 5) is 0. The van der Waals surface area contributed by atoms with Crippen molar-refractivity contribution in [1.82, 2.24) is 0 Å². The molecule has 94 valence electrons. The molecule has 5 heteroatoms. The first-order valence-electron chi connectivity index (χ1n) is 5.29. The van der Waals surface area contributed by atoms with Crippen LogP contribution in [-0.4, -0.2) is 23.9 Å². The van der Waals surface area contributed by atoms with Crippen LogP contribution in [0.2, 0.25) is 0 Å². The average molecular weight is 296 g/mol. The van der Waals surface area contributed by atoms with E-state index in [1.165, 1.54) is 0 Å². The Morgan fingerprint density at radius 2 is 2.00 bits per heavy atom. The Labute approximate surface area is 116 Å². The molecule has 0 saturated carbocycles. The van der Waals surface area contributed by atoms with Gasteiger partial charge in [0, 0.05) is 11.8 Å². The second-order valence-electron chi connectivity index (χ2n) is 4.01.